The highest BCUT2D eigenvalue weighted by molar-refractivity contribution is 6.30. The van der Waals surface area contributed by atoms with Gasteiger partial charge >= 0.3 is 0 Å². The zero-order valence-corrected chi connectivity index (χ0v) is 19.0. The van der Waals surface area contributed by atoms with Crippen molar-refractivity contribution in [2.75, 3.05) is 27.2 Å². The van der Waals surface area contributed by atoms with Crippen LogP contribution in [-0.4, -0.2) is 53.8 Å². The number of benzene rings is 2. The monoisotopic (exact) mass is 452 g/mol. The molecule has 1 unspecified atom stereocenters. The van der Waals surface area contributed by atoms with Crippen LogP contribution in [0.2, 0.25) is 5.02 Å². The van der Waals surface area contributed by atoms with Crippen molar-refractivity contribution in [2.24, 2.45) is 0 Å². The molecule has 0 saturated carbocycles. The predicted octanol–water partition coefficient (Wildman–Crippen LogP) is 4.92. The third-order valence-corrected chi connectivity index (χ3v) is 5.85. The maximum absolute atomic E-state index is 13.5. The summed E-state index contributed by atoms with van der Waals surface area (Å²) in [6, 6.07) is 13.5. The summed E-state index contributed by atoms with van der Waals surface area (Å²) in [5.41, 5.74) is 2.29. The van der Waals surface area contributed by atoms with Gasteiger partial charge in [0.2, 0.25) is 5.78 Å². The fourth-order valence-corrected chi connectivity index (χ4v) is 4.30. The third-order valence-electron chi connectivity index (χ3n) is 5.61. The van der Waals surface area contributed by atoms with Crippen LogP contribution in [0.15, 0.2) is 64.3 Å². The molecule has 3 aromatic rings. The van der Waals surface area contributed by atoms with E-state index in [0.29, 0.717) is 29.1 Å². The number of aryl methyl sites for hydroxylation is 1. The van der Waals surface area contributed by atoms with Crippen LogP contribution in [0.4, 0.5) is 0 Å². The summed E-state index contributed by atoms with van der Waals surface area (Å²) in [7, 11) is 3.91. The number of aliphatic hydroxyl groups excluding tert-OH is 1. The van der Waals surface area contributed by atoms with Crippen LogP contribution in [0.25, 0.3) is 11.0 Å². The molecule has 1 aromatic heterocycles. The van der Waals surface area contributed by atoms with E-state index < -0.39 is 23.5 Å². The third kappa shape index (κ3) is 4.16. The van der Waals surface area contributed by atoms with Gasteiger partial charge in [0.15, 0.2) is 11.5 Å². The Morgan fingerprint density at radius 1 is 1.19 bits per heavy atom. The average Bonchev–Trinajstić information content (AvgIpc) is 3.27. The molecule has 1 amide bonds. The summed E-state index contributed by atoms with van der Waals surface area (Å²) in [6.45, 7) is 3.10. The van der Waals surface area contributed by atoms with Crippen molar-refractivity contribution >= 4 is 34.3 Å². The molecule has 0 radical (unpaired) electrons. The van der Waals surface area contributed by atoms with E-state index in [-0.39, 0.29) is 11.3 Å². The molecular formula is C25H25ClN2O4. The molecule has 0 bridgehead atoms. The lowest BCUT2D eigenvalue weighted by molar-refractivity contribution is -0.129. The predicted molar refractivity (Wildman–Crippen MR) is 124 cm³/mol. The van der Waals surface area contributed by atoms with Gasteiger partial charge in [0, 0.05) is 17.0 Å². The second-order valence-corrected chi connectivity index (χ2v) is 8.79. The summed E-state index contributed by atoms with van der Waals surface area (Å²) >= 11 is 6.21. The fourth-order valence-electron chi connectivity index (χ4n) is 4.10. The van der Waals surface area contributed by atoms with Crippen LogP contribution >= 0.6 is 11.6 Å². The number of carbonyl (C=O) groups is 2. The van der Waals surface area contributed by atoms with Crippen molar-refractivity contribution in [1.82, 2.24) is 9.80 Å². The Kier molecular flexibility index (Phi) is 6.09. The molecule has 2 aromatic carbocycles. The van der Waals surface area contributed by atoms with Gasteiger partial charge < -0.3 is 19.3 Å². The van der Waals surface area contributed by atoms with Crippen LogP contribution in [0.1, 0.15) is 34.1 Å². The van der Waals surface area contributed by atoms with Gasteiger partial charge in [-0.05, 0) is 69.9 Å². The molecule has 1 N–H and O–H groups in total. The van der Waals surface area contributed by atoms with Crippen molar-refractivity contribution in [1.29, 1.82) is 0 Å². The summed E-state index contributed by atoms with van der Waals surface area (Å²) in [5.74, 6) is -1.53. The summed E-state index contributed by atoms with van der Waals surface area (Å²) in [6.07, 6.45) is 0.689. The number of carbonyl (C=O) groups excluding carboxylic acids is 2. The molecule has 4 rings (SSSR count). The SMILES string of the molecule is Cc1ccc2oc(C(=O)C3=C(O)C(=O)N(CCCN(C)C)C3c3cccc(Cl)c3)cc2c1. The topological polar surface area (TPSA) is 74.0 Å². The van der Waals surface area contributed by atoms with Crippen molar-refractivity contribution < 1.29 is 19.1 Å². The smallest absolute Gasteiger partial charge is 0.290 e. The lowest BCUT2D eigenvalue weighted by atomic mass is 9.95. The summed E-state index contributed by atoms with van der Waals surface area (Å²) < 4.78 is 5.78. The molecule has 166 valence electrons. The Balaban J connectivity index is 1.76. The number of amides is 1. The van der Waals surface area contributed by atoms with Gasteiger partial charge in [-0.3, -0.25) is 9.59 Å². The van der Waals surface area contributed by atoms with E-state index in [1.807, 2.05) is 38.1 Å². The molecule has 6 nitrogen and oxygen atoms in total. The van der Waals surface area contributed by atoms with E-state index in [1.54, 1.807) is 36.4 Å². The lowest BCUT2D eigenvalue weighted by Crippen LogP contribution is -2.33. The maximum Gasteiger partial charge on any atom is 0.290 e. The fraction of sp³-hybridized carbons (Fsp3) is 0.280. The van der Waals surface area contributed by atoms with Gasteiger partial charge in [0.05, 0.1) is 11.6 Å². The first kappa shape index (κ1) is 22.1. The first-order valence-corrected chi connectivity index (χ1v) is 10.8. The highest BCUT2D eigenvalue weighted by Crippen LogP contribution is 2.40. The van der Waals surface area contributed by atoms with Crippen molar-refractivity contribution in [2.45, 2.75) is 19.4 Å². The Morgan fingerprint density at radius 3 is 2.69 bits per heavy atom. The van der Waals surface area contributed by atoms with Gasteiger partial charge in [0.1, 0.15) is 5.58 Å². The number of Topliss-reactive ketones (excluding diaryl/α,β-unsaturated/α-hetero) is 1. The first-order chi connectivity index (χ1) is 15.3. The Bertz CT molecular complexity index is 1230. The number of hydrogen-bond donors (Lipinski definition) is 1. The van der Waals surface area contributed by atoms with Gasteiger partial charge in [-0.2, -0.15) is 0 Å². The van der Waals surface area contributed by atoms with E-state index in [2.05, 4.69) is 0 Å². The van der Waals surface area contributed by atoms with Crippen LogP contribution in [-0.2, 0) is 4.79 Å². The van der Waals surface area contributed by atoms with Crippen molar-refractivity contribution in [3.63, 3.8) is 0 Å². The molecule has 0 spiro atoms. The number of furan rings is 1. The Morgan fingerprint density at radius 2 is 1.97 bits per heavy atom. The molecular weight excluding hydrogens is 428 g/mol. The molecule has 32 heavy (non-hydrogen) atoms. The zero-order valence-electron chi connectivity index (χ0n) is 18.3. The molecule has 1 aliphatic rings. The van der Waals surface area contributed by atoms with E-state index in [9.17, 15) is 14.7 Å². The second-order valence-electron chi connectivity index (χ2n) is 8.36. The molecule has 0 fully saturated rings. The van der Waals surface area contributed by atoms with Gasteiger partial charge in [0.25, 0.3) is 5.91 Å². The quantitative estimate of drug-likeness (QED) is 0.515. The van der Waals surface area contributed by atoms with E-state index in [4.69, 9.17) is 16.0 Å². The molecule has 2 heterocycles. The second kappa shape index (κ2) is 8.81. The van der Waals surface area contributed by atoms with Gasteiger partial charge in [-0.1, -0.05) is 35.4 Å². The summed E-state index contributed by atoms with van der Waals surface area (Å²) in [5, 5.41) is 12.0. The minimum atomic E-state index is -0.745. The standard InChI is InChI=1S/C25H25ClN2O4/c1-15-8-9-19-17(12-15)14-20(32-19)23(29)21-22(16-6-4-7-18(26)13-16)28(25(31)24(21)30)11-5-10-27(2)3/h4,6-9,12-14,22,30H,5,10-11H2,1-3H3. The van der Waals surface area contributed by atoms with E-state index >= 15 is 0 Å². The van der Waals surface area contributed by atoms with Crippen LogP contribution in [0.3, 0.4) is 0 Å². The molecule has 1 atom stereocenters. The highest BCUT2D eigenvalue weighted by atomic mass is 35.5. The number of hydrogen-bond acceptors (Lipinski definition) is 5. The Hall–Kier alpha value is -3.09. The van der Waals surface area contributed by atoms with Gasteiger partial charge in [-0.25, -0.2) is 0 Å². The maximum atomic E-state index is 13.5. The van der Waals surface area contributed by atoms with Crippen molar-refractivity contribution in [3.8, 4) is 0 Å². The normalized spacial score (nSPS) is 16.6. The van der Waals surface area contributed by atoms with Gasteiger partial charge in [-0.15, -0.1) is 0 Å². The number of halogens is 1. The lowest BCUT2D eigenvalue weighted by Gasteiger charge is -2.27. The first-order valence-electron chi connectivity index (χ1n) is 10.5. The zero-order chi connectivity index (χ0) is 23.0. The molecule has 1 aliphatic heterocycles. The highest BCUT2D eigenvalue weighted by Gasteiger charge is 2.44. The van der Waals surface area contributed by atoms with Crippen LogP contribution < -0.4 is 0 Å². The largest absolute Gasteiger partial charge is 0.503 e. The number of ketones is 1. The van der Waals surface area contributed by atoms with E-state index in [0.717, 1.165) is 17.5 Å². The number of rotatable bonds is 7. The van der Waals surface area contributed by atoms with E-state index in [1.165, 1.54) is 4.90 Å². The van der Waals surface area contributed by atoms with Crippen molar-refractivity contribution in [3.05, 3.63) is 81.8 Å². The Labute approximate surface area is 191 Å². The number of nitrogens with zero attached hydrogens (tertiary/aromatic N) is 2. The minimum absolute atomic E-state index is 0.0119. The number of aliphatic hydroxyl groups is 1. The van der Waals surface area contributed by atoms with Crippen LogP contribution in [0.5, 0.6) is 0 Å². The average molecular weight is 453 g/mol. The molecule has 7 heteroatoms. The molecule has 0 saturated heterocycles. The number of fused-ring (bicyclic) bond motifs is 1. The summed E-state index contributed by atoms with van der Waals surface area (Å²) in [4.78, 5) is 30.1. The minimum Gasteiger partial charge on any atom is -0.503 e. The van der Waals surface area contributed by atoms with Crippen LogP contribution in [0, 0.1) is 6.92 Å². The molecule has 0 aliphatic carbocycles.